The molecule has 1 atom stereocenters. The molecule has 0 radical (unpaired) electrons. The molecule has 0 aliphatic heterocycles. The summed E-state index contributed by atoms with van der Waals surface area (Å²) in [6.45, 7) is 2.23. The van der Waals surface area contributed by atoms with Crippen molar-refractivity contribution < 1.29 is 5.11 Å². The van der Waals surface area contributed by atoms with Crippen molar-refractivity contribution in [2.45, 2.75) is 32.6 Å². The van der Waals surface area contributed by atoms with Crippen molar-refractivity contribution in [2.24, 2.45) is 5.92 Å². The number of aromatic nitrogens is 2. The second-order valence-electron chi connectivity index (χ2n) is 5.79. The minimum absolute atomic E-state index is 0.0427. The highest BCUT2D eigenvalue weighted by molar-refractivity contribution is 7.25. The van der Waals surface area contributed by atoms with Crippen LogP contribution in [-0.2, 0) is 12.8 Å². The molecule has 1 aliphatic carbocycles. The third-order valence-corrected chi connectivity index (χ3v) is 5.60. The van der Waals surface area contributed by atoms with Gasteiger partial charge < -0.3 is 10.1 Å². The smallest absolute Gasteiger partial charge is 0.252 e. The number of H-pyrrole nitrogens is 1. The zero-order valence-electron chi connectivity index (χ0n) is 11.8. The summed E-state index contributed by atoms with van der Waals surface area (Å²) in [6.07, 6.45) is 4.49. The second-order valence-corrected chi connectivity index (χ2v) is 6.79. The van der Waals surface area contributed by atoms with Crippen LogP contribution in [0.15, 0.2) is 16.9 Å². The maximum atomic E-state index is 11.6. The molecule has 0 amide bonds. The van der Waals surface area contributed by atoms with E-state index in [1.165, 1.54) is 41.5 Å². The molecule has 1 unspecified atom stereocenters. The topological polar surface area (TPSA) is 66.0 Å². The van der Waals surface area contributed by atoms with Crippen molar-refractivity contribution in [3.8, 4) is 5.75 Å². The standard InChI is InChI=1S/C16H16N2O2S/c1-2-8-3-4-11-9(5-8)6-10-14-15(21-16(10)17-11)12(19)7-13(20)18-14/h6-8H,2-5H2,1H3,(H2,18,19,20). The Kier molecular flexibility index (Phi) is 2.79. The second kappa shape index (κ2) is 4.56. The van der Waals surface area contributed by atoms with E-state index < -0.39 is 0 Å². The summed E-state index contributed by atoms with van der Waals surface area (Å²) in [5.41, 5.74) is 2.92. The Bertz CT molecular complexity index is 910. The van der Waals surface area contributed by atoms with E-state index in [4.69, 9.17) is 4.98 Å². The lowest BCUT2D eigenvalue weighted by Gasteiger charge is -2.22. The van der Waals surface area contributed by atoms with Crippen molar-refractivity contribution in [1.82, 2.24) is 9.97 Å². The fourth-order valence-electron chi connectivity index (χ4n) is 3.25. The molecule has 4 nitrogen and oxygen atoms in total. The summed E-state index contributed by atoms with van der Waals surface area (Å²) in [6, 6.07) is 3.39. The van der Waals surface area contributed by atoms with Crippen LogP contribution in [0.1, 0.15) is 31.0 Å². The molecule has 0 saturated carbocycles. The number of pyridine rings is 2. The number of rotatable bonds is 1. The number of hydrogen-bond acceptors (Lipinski definition) is 4. The average molecular weight is 300 g/mol. The zero-order chi connectivity index (χ0) is 14.6. The molecular weight excluding hydrogens is 284 g/mol. The van der Waals surface area contributed by atoms with Crippen LogP contribution in [0.3, 0.4) is 0 Å². The van der Waals surface area contributed by atoms with E-state index in [9.17, 15) is 9.90 Å². The Hall–Kier alpha value is -1.88. The number of thiophene rings is 1. The van der Waals surface area contributed by atoms with Gasteiger partial charge in [0.15, 0.2) is 0 Å². The minimum atomic E-state index is -0.274. The number of aromatic hydroxyl groups is 1. The number of aryl methyl sites for hydroxylation is 1. The largest absolute Gasteiger partial charge is 0.506 e. The zero-order valence-corrected chi connectivity index (χ0v) is 12.6. The molecule has 0 saturated heterocycles. The molecule has 0 spiro atoms. The van der Waals surface area contributed by atoms with Gasteiger partial charge in [0, 0.05) is 17.1 Å². The number of nitrogens with one attached hydrogen (secondary N) is 1. The predicted molar refractivity (Wildman–Crippen MR) is 85.2 cm³/mol. The van der Waals surface area contributed by atoms with Gasteiger partial charge in [0.2, 0.25) is 0 Å². The summed E-state index contributed by atoms with van der Waals surface area (Å²) in [7, 11) is 0. The summed E-state index contributed by atoms with van der Waals surface area (Å²) < 4.78 is 0.714. The summed E-state index contributed by atoms with van der Waals surface area (Å²) >= 11 is 1.45. The maximum Gasteiger partial charge on any atom is 0.252 e. The monoisotopic (exact) mass is 300 g/mol. The average Bonchev–Trinajstić information content (AvgIpc) is 2.82. The first kappa shape index (κ1) is 12.8. The molecule has 21 heavy (non-hydrogen) atoms. The van der Waals surface area contributed by atoms with Crippen LogP contribution in [-0.4, -0.2) is 15.1 Å². The maximum absolute atomic E-state index is 11.6. The molecule has 0 aromatic carbocycles. The van der Waals surface area contributed by atoms with Gasteiger partial charge >= 0.3 is 0 Å². The van der Waals surface area contributed by atoms with Crippen LogP contribution in [0.2, 0.25) is 0 Å². The van der Waals surface area contributed by atoms with E-state index in [2.05, 4.69) is 18.0 Å². The van der Waals surface area contributed by atoms with E-state index in [1.54, 1.807) is 0 Å². The van der Waals surface area contributed by atoms with Crippen molar-refractivity contribution in [1.29, 1.82) is 0 Å². The molecule has 3 aromatic heterocycles. The van der Waals surface area contributed by atoms with Crippen molar-refractivity contribution in [3.05, 3.63) is 33.7 Å². The van der Waals surface area contributed by atoms with E-state index in [0.717, 1.165) is 29.0 Å². The van der Waals surface area contributed by atoms with Gasteiger partial charge in [-0.25, -0.2) is 4.98 Å². The number of fused-ring (bicyclic) bond motifs is 4. The van der Waals surface area contributed by atoms with Gasteiger partial charge in [0.05, 0.1) is 10.2 Å². The molecule has 0 fully saturated rings. The molecule has 108 valence electrons. The first-order valence-electron chi connectivity index (χ1n) is 7.33. The molecule has 3 heterocycles. The van der Waals surface area contributed by atoms with Crippen molar-refractivity contribution in [3.63, 3.8) is 0 Å². The Morgan fingerprint density at radius 1 is 1.48 bits per heavy atom. The predicted octanol–water partition coefficient (Wildman–Crippen LogP) is 3.36. The lowest BCUT2D eigenvalue weighted by Crippen LogP contribution is -2.14. The summed E-state index contributed by atoms with van der Waals surface area (Å²) in [4.78, 5) is 20.1. The van der Waals surface area contributed by atoms with E-state index >= 15 is 0 Å². The highest BCUT2D eigenvalue weighted by Gasteiger charge is 2.21. The van der Waals surface area contributed by atoms with Crippen molar-refractivity contribution >= 4 is 31.8 Å². The third kappa shape index (κ3) is 1.95. The Balaban J connectivity index is 2.01. The van der Waals surface area contributed by atoms with E-state index in [1.807, 2.05) is 0 Å². The van der Waals surface area contributed by atoms with Crippen LogP contribution >= 0.6 is 11.3 Å². The number of nitrogens with zero attached hydrogens (tertiary/aromatic N) is 1. The fourth-order valence-corrected chi connectivity index (χ4v) is 4.30. The van der Waals surface area contributed by atoms with Gasteiger partial charge in [-0.2, -0.15) is 0 Å². The molecule has 0 bridgehead atoms. The fraction of sp³-hybridized carbons (Fsp3) is 0.375. The highest BCUT2D eigenvalue weighted by atomic mass is 32.1. The Morgan fingerprint density at radius 2 is 2.33 bits per heavy atom. The van der Waals surface area contributed by atoms with Gasteiger partial charge in [-0.05, 0) is 36.8 Å². The van der Waals surface area contributed by atoms with Crippen LogP contribution in [0, 0.1) is 5.92 Å². The first-order valence-corrected chi connectivity index (χ1v) is 8.14. The quantitative estimate of drug-likeness (QED) is 0.724. The molecule has 3 aromatic rings. The van der Waals surface area contributed by atoms with E-state index in [0.29, 0.717) is 10.2 Å². The minimum Gasteiger partial charge on any atom is -0.506 e. The summed E-state index contributed by atoms with van der Waals surface area (Å²) in [5.74, 6) is 0.773. The molecular formula is C16H16N2O2S. The van der Waals surface area contributed by atoms with Crippen molar-refractivity contribution in [2.75, 3.05) is 0 Å². The lowest BCUT2D eigenvalue weighted by atomic mass is 9.85. The van der Waals surface area contributed by atoms with Gasteiger partial charge in [-0.1, -0.05) is 13.3 Å². The first-order chi connectivity index (χ1) is 10.2. The van der Waals surface area contributed by atoms with E-state index in [-0.39, 0.29) is 11.3 Å². The van der Waals surface area contributed by atoms with Gasteiger partial charge in [-0.15, -0.1) is 11.3 Å². The Morgan fingerprint density at radius 3 is 3.14 bits per heavy atom. The van der Waals surface area contributed by atoms with Crippen LogP contribution in [0.5, 0.6) is 5.75 Å². The lowest BCUT2D eigenvalue weighted by molar-refractivity contribution is 0.441. The van der Waals surface area contributed by atoms with Crippen LogP contribution in [0.25, 0.3) is 20.4 Å². The molecule has 1 aliphatic rings. The normalized spacial score (nSPS) is 18.2. The summed E-state index contributed by atoms with van der Waals surface area (Å²) in [5, 5.41) is 10.9. The highest BCUT2D eigenvalue weighted by Crippen LogP contribution is 2.38. The van der Waals surface area contributed by atoms with Crippen LogP contribution < -0.4 is 5.56 Å². The van der Waals surface area contributed by atoms with Gasteiger partial charge in [0.1, 0.15) is 10.6 Å². The SMILES string of the molecule is CCC1CCc2nc3sc4c(O)cc(=O)[nH]c4c3cc2C1. The molecule has 4 rings (SSSR count). The Labute approximate surface area is 125 Å². The molecule has 5 heteroatoms. The van der Waals surface area contributed by atoms with Crippen LogP contribution in [0.4, 0.5) is 0 Å². The third-order valence-electron chi connectivity index (χ3n) is 4.48. The number of hydrogen-bond donors (Lipinski definition) is 2. The van der Waals surface area contributed by atoms with Gasteiger partial charge in [0.25, 0.3) is 5.56 Å². The number of aromatic amines is 1. The van der Waals surface area contributed by atoms with Gasteiger partial charge in [-0.3, -0.25) is 4.79 Å². The molecule has 2 N–H and O–H groups in total.